The van der Waals surface area contributed by atoms with Crippen LogP contribution in [0, 0.1) is 57.4 Å². The monoisotopic (exact) mass is 628 g/mol. The summed E-state index contributed by atoms with van der Waals surface area (Å²) in [5.74, 6) is 12.6. The minimum atomic E-state index is -1.50. The number of methoxy groups -OCH3 is 3. The Kier molecular flexibility index (Phi) is 8.61. The van der Waals surface area contributed by atoms with E-state index in [4.69, 9.17) is 14.2 Å². The van der Waals surface area contributed by atoms with Crippen molar-refractivity contribution in [1.29, 1.82) is 0 Å². The normalized spacial score (nSPS) is 31.5. The topological polar surface area (TPSA) is 27.7 Å². The smallest absolute Gasteiger partial charge is 0.133 e. The first-order valence-corrected chi connectivity index (χ1v) is 23.7. The zero-order valence-electron chi connectivity index (χ0n) is 29.7. The maximum absolute atomic E-state index is 6.51. The van der Waals surface area contributed by atoms with Crippen LogP contribution in [0.2, 0.25) is 39.3 Å². The van der Waals surface area contributed by atoms with E-state index >= 15 is 0 Å². The quantitative estimate of drug-likeness (QED) is 0.240. The van der Waals surface area contributed by atoms with E-state index in [1.54, 1.807) is 14.2 Å². The SMILES string of the molecule is COc1cc(OC)c([C@H]2C[C@H]3C[C@@H](/C2=C\C#C[Si](C)(C)C)C3(C)C)c(OC)c1[C@H]1C[C@H]2C[C@@H](/C1=C\C#C[Si](C)(C)C)C2(C)C. The summed E-state index contributed by atoms with van der Waals surface area (Å²) in [5.41, 5.74) is 13.1. The van der Waals surface area contributed by atoms with E-state index in [-0.39, 0.29) is 11.8 Å². The largest absolute Gasteiger partial charge is 0.496 e. The van der Waals surface area contributed by atoms with Gasteiger partial charge in [0.2, 0.25) is 0 Å². The molecule has 1 aromatic carbocycles. The molecule has 0 amide bonds. The molecule has 6 aliphatic rings. The molecule has 0 spiro atoms. The van der Waals surface area contributed by atoms with Gasteiger partial charge < -0.3 is 14.2 Å². The van der Waals surface area contributed by atoms with Gasteiger partial charge in [0.15, 0.2) is 0 Å². The molecule has 44 heavy (non-hydrogen) atoms. The van der Waals surface area contributed by atoms with Gasteiger partial charge in [0.1, 0.15) is 33.4 Å². The van der Waals surface area contributed by atoms with Gasteiger partial charge in [-0.1, -0.05) is 90.0 Å². The van der Waals surface area contributed by atoms with Crippen LogP contribution in [-0.2, 0) is 0 Å². The fourth-order valence-corrected chi connectivity index (χ4v) is 9.80. The van der Waals surface area contributed by atoms with E-state index in [0.717, 1.165) is 30.1 Å². The second kappa shape index (κ2) is 11.5. The number of fused-ring (bicyclic) bond motifs is 4. The number of rotatable bonds is 5. The molecule has 0 aromatic heterocycles. The molecule has 6 fully saturated rings. The molecule has 238 valence electrons. The third-order valence-corrected chi connectivity index (χ3v) is 13.4. The highest BCUT2D eigenvalue weighted by atomic mass is 28.3. The molecule has 0 saturated heterocycles. The van der Waals surface area contributed by atoms with Gasteiger partial charge in [-0.25, -0.2) is 0 Å². The van der Waals surface area contributed by atoms with Crippen molar-refractivity contribution in [3.63, 3.8) is 0 Å². The fraction of sp³-hybridized carbons (Fsp3) is 0.641. The highest BCUT2D eigenvalue weighted by Gasteiger charge is 2.58. The van der Waals surface area contributed by atoms with Gasteiger partial charge in [-0.3, -0.25) is 0 Å². The zero-order valence-corrected chi connectivity index (χ0v) is 31.7. The Balaban J connectivity index is 1.71. The summed E-state index contributed by atoms with van der Waals surface area (Å²) in [6.45, 7) is 23.7. The van der Waals surface area contributed by atoms with E-state index in [0.29, 0.717) is 34.5 Å². The van der Waals surface area contributed by atoms with Crippen molar-refractivity contribution in [2.75, 3.05) is 21.3 Å². The lowest BCUT2D eigenvalue weighted by molar-refractivity contribution is -0.0366. The Hall–Kier alpha value is -2.35. The van der Waals surface area contributed by atoms with Crippen molar-refractivity contribution in [2.45, 2.75) is 104 Å². The number of allylic oxidation sites excluding steroid dienone is 4. The first-order valence-electron chi connectivity index (χ1n) is 16.7. The molecule has 4 bridgehead atoms. The molecule has 0 N–H and O–H groups in total. The molecule has 6 aliphatic carbocycles. The lowest BCUT2D eigenvalue weighted by atomic mass is 9.44. The maximum atomic E-state index is 6.51. The lowest BCUT2D eigenvalue weighted by Crippen LogP contribution is -2.51. The van der Waals surface area contributed by atoms with Crippen molar-refractivity contribution in [3.05, 3.63) is 40.5 Å². The van der Waals surface area contributed by atoms with E-state index in [9.17, 15) is 0 Å². The molecule has 1 aromatic rings. The van der Waals surface area contributed by atoms with E-state index < -0.39 is 16.1 Å². The third-order valence-electron chi connectivity index (χ3n) is 11.6. The van der Waals surface area contributed by atoms with Crippen LogP contribution in [-0.4, -0.2) is 37.5 Å². The van der Waals surface area contributed by atoms with Crippen molar-refractivity contribution in [1.82, 2.24) is 0 Å². The molecule has 7 rings (SSSR count). The van der Waals surface area contributed by atoms with Gasteiger partial charge in [0.05, 0.1) is 21.3 Å². The standard InChI is InChI=1S/C39H56O3Si2/c1-38(2)25-20-29(27(31(38)22-25)16-14-18-43(8,9)10)35-33(40-5)24-34(41-6)36(37(35)42-7)30-21-26-23-32(39(26,3)4)28(30)17-15-19-44(11,12)13/h16-17,24-26,29-32H,20-23H2,1-13H3/b27-16-,28-17-/t25-,26-,29-,30-,31-,32-/m0/s1. The first-order chi connectivity index (χ1) is 20.4. The second-order valence-electron chi connectivity index (χ2n) is 17.2. The summed E-state index contributed by atoms with van der Waals surface area (Å²) in [7, 11) is 2.41. The summed E-state index contributed by atoms with van der Waals surface area (Å²) >= 11 is 0. The molecule has 0 aliphatic heterocycles. The predicted molar refractivity (Wildman–Crippen MR) is 190 cm³/mol. The van der Waals surface area contributed by atoms with Gasteiger partial charge in [-0.15, -0.1) is 11.1 Å². The molecule has 6 atom stereocenters. The van der Waals surface area contributed by atoms with Crippen LogP contribution in [0.1, 0.15) is 76.3 Å². The average Bonchev–Trinajstić information content (AvgIpc) is 2.94. The summed E-state index contributed by atoms with van der Waals surface area (Å²) in [4.78, 5) is 0. The summed E-state index contributed by atoms with van der Waals surface area (Å²) < 4.78 is 18.9. The zero-order chi connectivity index (χ0) is 32.4. The van der Waals surface area contributed by atoms with Gasteiger partial charge in [0, 0.05) is 29.0 Å². The summed E-state index contributed by atoms with van der Waals surface area (Å²) in [5, 5.41) is 0. The van der Waals surface area contributed by atoms with Gasteiger partial charge in [-0.2, -0.15) is 0 Å². The second-order valence-corrected chi connectivity index (χ2v) is 26.7. The Bertz CT molecular complexity index is 1380. The Morgan fingerprint density at radius 1 is 0.636 bits per heavy atom. The number of ether oxygens (including phenoxy) is 3. The van der Waals surface area contributed by atoms with Gasteiger partial charge in [-0.05, 0) is 72.3 Å². The molecule has 0 unspecified atom stereocenters. The maximum Gasteiger partial charge on any atom is 0.133 e. The van der Waals surface area contributed by atoms with Crippen LogP contribution >= 0.6 is 0 Å². The number of benzene rings is 1. The minimum absolute atomic E-state index is 0.214. The minimum Gasteiger partial charge on any atom is -0.496 e. The predicted octanol–water partition coefficient (Wildman–Crippen LogP) is 9.63. The Labute approximate surface area is 270 Å². The number of hydrogen-bond acceptors (Lipinski definition) is 3. The van der Waals surface area contributed by atoms with E-state index in [2.05, 4.69) is 108 Å². The third kappa shape index (κ3) is 5.73. The number of hydrogen-bond donors (Lipinski definition) is 0. The molecule has 6 saturated carbocycles. The van der Waals surface area contributed by atoms with E-state index in [1.165, 1.54) is 35.1 Å². The van der Waals surface area contributed by atoms with Gasteiger partial charge in [0.25, 0.3) is 0 Å². The molecule has 3 nitrogen and oxygen atoms in total. The summed E-state index contributed by atoms with van der Waals surface area (Å²) in [6, 6.07) is 2.14. The highest BCUT2D eigenvalue weighted by molar-refractivity contribution is 6.84. The molecule has 0 heterocycles. The first kappa shape index (κ1) is 33.0. The van der Waals surface area contributed by atoms with Crippen LogP contribution in [0.25, 0.3) is 0 Å². The summed E-state index contributed by atoms with van der Waals surface area (Å²) in [6.07, 6.45) is 9.25. The highest BCUT2D eigenvalue weighted by Crippen LogP contribution is 2.69. The Morgan fingerprint density at radius 3 is 1.32 bits per heavy atom. The van der Waals surface area contributed by atoms with Crippen molar-refractivity contribution < 1.29 is 14.2 Å². The van der Waals surface area contributed by atoms with Crippen LogP contribution < -0.4 is 14.2 Å². The van der Waals surface area contributed by atoms with Crippen LogP contribution in [0.4, 0.5) is 0 Å². The van der Waals surface area contributed by atoms with Crippen LogP contribution in [0.5, 0.6) is 17.2 Å². The van der Waals surface area contributed by atoms with Crippen molar-refractivity contribution >= 4 is 16.1 Å². The molecular formula is C39H56O3Si2. The van der Waals surface area contributed by atoms with Crippen molar-refractivity contribution in [2.24, 2.45) is 34.5 Å². The molecular weight excluding hydrogens is 573 g/mol. The lowest BCUT2D eigenvalue weighted by Gasteiger charge is -2.61. The molecule has 0 radical (unpaired) electrons. The van der Waals surface area contributed by atoms with Crippen LogP contribution in [0.15, 0.2) is 29.4 Å². The van der Waals surface area contributed by atoms with Gasteiger partial charge >= 0.3 is 0 Å². The van der Waals surface area contributed by atoms with Crippen molar-refractivity contribution in [3.8, 4) is 40.2 Å². The van der Waals surface area contributed by atoms with Crippen LogP contribution in [0.3, 0.4) is 0 Å². The molecule has 5 heteroatoms. The Morgan fingerprint density at radius 2 is 1.02 bits per heavy atom. The average molecular weight is 629 g/mol. The van der Waals surface area contributed by atoms with E-state index in [1.807, 2.05) is 7.11 Å². The fourth-order valence-electron chi connectivity index (χ4n) is 8.79.